The molecule has 0 saturated heterocycles. The smallest absolute Gasteiger partial charge is 0.138 e. The minimum Gasteiger partial charge on any atom is -0.380 e. The first-order valence-electron chi connectivity index (χ1n) is 5.35. The molecule has 0 spiro atoms. The average Bonchev–Trinajstić information content (AvgIpc) is 2.77. The van der Waals surface area contributed by atoms with E-state index in [1.807, 2.05) is 32.0 Å². The molecule has 0 radical (unpaired) electrons. The van der Waals surface area contributed by atoms with Gasteiger partial charge in [-0.25, -0.2) is 0 Å². The summed E-state index contributed by atoms with van der Waals surface area (Å²) in [5.41, 5.74) is 2.46. The molecule has 1 unspecified atom stereocenters. The van der Waals surface area contributed by atoms with Crippen LogP contribution in [0.25, 0.3) is 0 Å². The van der Waals surface area contributed by atoms with Gasteiger partial charge in [0.2, 0.25) is 0 Å². The molecule has 84 valence electrons. The van der Waals surface area contributed by atoms with Gasteiger partial charge in [-0.2, -0.15) is 5.10 Å². The third-order valence-corrected chi connectivity index (χ3v) is 2.64. The van der Waals surface area contributed by atoms with Gasteiger partial charge in [-0.15, -0.1) is 0 Å². The van der Waals surface area contributed by atoms with Crippen molar-refractivity contribution < 1.29 is 5.11 Å². The summed E-state index contributed by atoms with van der Waals surface area (Å²) in [4.78, 5) is 4.22. The molecule has 16 heavy (non-hydrogen) atoms. The van der Waals surface area contributed by atoms with E-state index in [-0.39, 0.29) is 0 Å². The van der Waals surface area contributed by atoms with Gasteiger partial charge in [0, 0.05) is 18.9 Å². The topological polar surface area (TPSA) is 50.9 Å². The van der Waals surface area contributed by atoms with Crippen molar-refractivity contribution >= 4 is 0 Å². The fourth-order valence-corrected chi connectivity index (χ4v) is 1.76. The number of aryl methyl sites for hydroxylation is 2. The van der Waals surface area contributed by atoms with Crippen molar-refractivity contribution in [3.8, 4) is 0 Å². The van der Waals surface area contributed by atoms with E-state index in [9.17, 15) is 5.11 Å². The highest BCUT2D eigenvalue weighted by Crippen LogP contribution is 2.22. The van der Waals surface area contributed by atoms with Crippen molar-refractivity contribution in [2.45, 2.75) is 26.5 Å². The standard InChI is InChI=1S/C12H15N3O/c1-3-15-10(6-8-14-15)12(16)11-9(2)5-4-7-13-11/h4-8,12,16H,3H2,1-2H3. The second-order valence-corrected chi connectivity index (χ2v) is 3.68. The van der Waals surface area contributed by atoms with Crippen molar-refractivity contribution in [3.63, 3.8) is 0 Å². The molecule has 2 heterocycles. The lowest BCUT2D eigenvalue weighted by Gasteiger charge is -2.13. The van der Waals surface area contributed by atoms with Crippen molar-refractivity contribution in [3.05, 3.63) is 47.5 Å². The summed E-state index contributed by atoms with van der Waals surface area (Å²) in [7, 11) is 0. The molecule has 1 N–H and O–H groups in total. The second-order valence-electron chi connectivity index (χ2n) is 3.68. The molecule has 2 rings (SSSR count). The van der Waals surface area contributed by atoms with Crippen LogP contribution in [0.2, 0.25) is 0 Å². The zero-order valence-corrected chi connectivity index (χ0v) is 9.46. The number of hydrogen-bond acceptors (Lipinski definition) is 3. The molecule has 2 aromatic heterocycles. The Morgan fingerprint density at radius 3 is 2.88 bits per heavy atom. The van der Waals surface area contributed by atoms with Gasteiger partial charge in [0.1, 0.15) is 6.10 Å². The highest BCUT2D eigenvalue weighted by atomic mass is 16.3. The van der Waals surface area contributed by atoms with Crippen LogP contribution in [-0.2, 0) is 6.54 Å². The van der Waals surface area contributed by atoms with Crippen LogP contribution in [0.1, 0.15) is 30.0 Å². The summed E-state index contributed by atoms with van der Waals surface area (Å²) in [6.45, 7) is 4.68. The summed E-state index contributed by atoms with van der Waals surface area (Å²) in [6.07, 6.45) is 2.68. The average molecular weight is 217 g/mol. The number of rotatable bonds is 3. The van der Waals surface area contributed by atoms with Crippen LogP contribution >= 0.6 is 0 Å². The molecular formula is C12H15N3O. The third kappa shape index (κ3) is 1.84. The molecule has 0 saturated carbocycles. The van der Waals surface area contributed by atoms with Gasteiger partial charge in [0.05, 0.1) is 11.4 Å². The van der Waals surface area contributed by atoms with Gasteiger partial charge >= 0.3 is 0 Å². The molecule has 0 aromatic carbocycles. The fourth-order valence-electron chi connectivity index (χ4n) is 1.76. The number of aliphatic hydroxyl groups excluding tert-OH is 1. The lowest BCUT2D eigenvalue weighted by Crippen LogP contribution is -2.11. The van der Waals surface area contributed by atoms with Crippen molar-refractivity contribution in [2.75, 3.05) is 0 Å². The molecule has 0 bridgehead atoms. The molecule has 0 aliphatic carbocycles. The Kier molecular flexibility index (Phi) is 3.01. The van der Waals surface area contributed by atoms with Crippen LogP contribution in [0.4, 0.5) is 0 Å². The maximum Gasteiger partial charge on any atom is 0.138 e. The van der Waals surface area contributed by atoms with Crippen LogP contribution in [0, 0.1) is 6.92 Å². The van der Waals surface area contributed by atoms with Gasteiger partial charge in [-0.1, -0.05) is 6.07 Å². The normalized spacial score (nSPS) is 12.7. The Bertz CT molecular complexity index is 479. The molecule has 0 aliphatic heterocycles. The van der Waals surface area contributed by atoms with E-state index < -0.39 is 6.10 Å². The number of nitrogens with zero attached hydrogens (tertiary/aromatic N) is 3. The van der Waals surface area contributed by atoms with Crippen molar-refractivity contribution in [1.29, 1.82) is 0 Å². The van der Waals surface area contributed by atoms with Gasteiger partial charge in [0.15, 0.2) is 0 Å². The van der Waals surface area contributed by atoms with Gasteiger partial charge in [-0.3, -0.25) is 9.67 Å². The maximum atomic E-state index is 10.3. The molecule has 2 aromatic rings. The molecule has 0 fully saturated rings. The predicted molar refractivity (Wildman–Crippen MR) is 60.9 cm³/mol. The molecule has 1 atom stereocenters. The van der Waals surface area contributed by atoms with Gasteiger partial charge in [0.25, 0.3) is 0 Å². The van der Waals surface area contributed by atoms with E-state index in [4.69, 9.17) is 0 Å². The van der Waals surface area contributed by atoms with Crippen LogP contribution in [0.15, 0.2) is 30.6 Å². The van der Waals surface area contributed by atoms with Crippen LogP contribution < -0.4 is 0 Å². The lowest BCUT2D eigenvalue weighted by atomic mass is 10.1. The Morgan fingerprint density at radius 1 is 1.38 bits per heavy atom. The highest BCUT2D eigenvalue weighted by molar-refractivity contribution is 5.26. The van der Waals surface area contributed by atoms with E-state index >= 15 is 0 Å². The Morgan fingerprint density at radius 2 is 2.19 bits per heavy atom. The molecule has 0 amide bonds. The first kappa shape index (κ1) is 10.8. The second kappa shape index (κ2) is 4.45. The van der Waals surface area contributed by atoms with Gasteiger partial charge in [-0.05, 0) is 31.5 Å². The number of pyridine rings is 1. The third-order valence-electron chi connectivity index (χ3n) is 2.64. The first-order chi connectivity index (χ1) is 7.74. The number of hydrogen-bond donors (Lipinski definition) is 1. The van der Waals surface area contributed by atoms with Crippen molar-refractivity contribution in [2.24, 2.45) is 0 Å². The molecule has 0 aliphatic rings. The summed E-state index contributed by atoms with van der Waals surface area (Å²) in [5, 5.41) is 14.4. The lowest BCUT2D eigenvalue weighted by molar-refractivity contribution is 0.202. The SMILES string of the molecule is CCn1nccc1C(O)c1ncccc1C. The first-order valence-corrected chi connectivity index (χ1v) is 5.35. The minimum atomic E-state index is -0.705. The number of aromatic nitrogens is 3. The van der Waals surface area contributed by atoms with Gasteiger partial charge < -0.3 is 5.11 Å². The van der Waals surface area contributed by atoms with E-state index in [2.05, 4.69) is 10.1 Å². The Labute approximate surface area is 94.6 Å². The molecule has 4 nitrogen and oxygen atoms in total. The monoisotopic (exact) mass is 217 g/mol. The van der Waals surface area contributed by atoms with E-state index in [0.717, 1.165) is 17.8 Å². The Hall–Kier alpha value is -1.68. The highest BCUT2D eigenvalue weighted by Gasteiger charge is 2.17. The fraction of sp³-hybridized carbons (Fsp3) is 0.333. The molecular weight excluding hydrogens is 202 g/mol. The largest absolute Gasteiger partial charge is 0.380 e. The summed E-state index contributed by atoms with van der Waals surface area (Å²) >= 11 is 0. The van der Waals surface area contributed by atoms with Crippen LogP contribution in [-0.4, -0.2) is 19.9 Å². The predicted octanol–water partition coefficient (Wildman–Crippen LogP) is 1.69. The summed E-state index contributed by atoms with van der Waals surface area (Å²) in [6, 6.07) is 5.63. The van der Waals surface area contributed by atoms with E-state index in [1.165, 1.54) is 0 Å². The Balaban J connectivity index is 2.39. The van der Waals surface area contributed by atoms with Crippen LogP contribution in [0.3, 0.4) is 0 Å². The summed E-state index contributed by atoms with van der Waals surface area (Å²) < 4.78 is 1.78. The van der Waals surface area contributed by atoms with E-state index in [0.29, 0.717) is 5.69 Å². The zero-order valence-electron chi connectivity index (χ0n) is 9.46. The minimum absolute atomic E-state index is 0.692. The zero-order chi connectivity index (χ0) is 11.5. The van der Waals surface area contributed by atoms with Crippen LogP contribution in [0.5, 0.6) is 0 Å². The quantitative estimate of drug-likeness (QED) is 0.851. The van der Waals surface area contributed by atoms with Crippen molar-refractivity contribution in [1.82, 2.24) is 14.8 Å². The number of aliphatic hydroxyl groups is 1. The molecule has 4 heteroatoms. The maximum absolute atomic E-state index is 10.3. The summed E-state index contributed by atoms with van der Waals surface area (Å²) in [5.74, 6) is 0. The van der Waals surface area contributed by atoms with E-state index in [1.54, 1.807) is 17.1 Å².